The Labute approximate surface area is 104 Å². The van der Waals surface area contributed by atoms with Crippen LogP contribution < -0.4 is 5.32 Å². The molecule has 18 heavy (non-hydrogen) atoms. The van der Waals surface area contributed by atoms with Gasteiger partial charge in [0.25, 0.3) is 0 Å². The molecule has 0 saturated carbocycles. The van der Waals surface area contributed by atoms with Gasteiger partial charge in [0.1, 0.15) is 0 Å². The van der Waals surface area contributed by atoms with E-state index in [0.717, 1.165) is 6.07 Å². The number of rotatable bonds is 2. The average Bonchev–Trinajstić information content (AvgIpc) is 2.24. The highest BCUT2D eigenvalue weighted by Crippen LogP contribution is 2.33. The molecule has 0 aliphatic rings. The standard InChI is InChI=1S/C13H15F3N2/c1-12(2,3)8-18-10-5-4-9(7-17)11(6-10)13(14,15)16/h4-6,18H,8H2,1-3H3. The van der Waals surface area contributed by atoms with E-state index < -0.39 is 11.7 Å². The van der Waals surface area contributed by atoms with E-state index in [4.69, 9.17) is 5.26 Å². The number of hydrogen-bond donors (Lipinski definition) is 1. The van der Waals surface area contributed by atoms with E-state index >= 15 is 0 Å². The molecule has 0 unspecified atom stereocenters. The summed E-state index contributed by atoms with van der Waals surface area (Å²) in [4.78, 5) is 0. The van der Waals surface area contributed by atoms with Crippen molar-refractivity contribution in [2.75, 3.05) is 11.9 Å². The Bertz CT molecular complexity index is 465. The van der Waals surface area contributed by atoms with E-state index in [0.29, 0.717) is 12.2 Å². The molecular formula is C13H15F3N2. The van der Waals surface area contributed by atoms with Crippen LogP contribution in [0.25, 0.3) is 0 Å². The first-order valence-corrected chi connectivity index (χ1v) is 5.49. The van der Waals surface area contributed by atoms with Gasteiger partial charge in [0.2, 0.25) is 0 Å². The van der Waals surface area contributed by atoms with Crippen molar-refractivity contribution in [2.24, 2.45) is 5.41 Å². The second-order valence-electron chi connectivity index (χ2n) is 5.28. The normalized spacial score (nSPS) is 12.1. The number of halogens is 3. The van der Waals surface area contributed by atoms with Gasteiger partial charge in [-0.25, -0.2) is 0 Å². The molecule has 5 heteroatoms. The van der Waals surface area contributed by atoms with Gasteiger partial charge in [0, 0.05) is 12.2 Å². The molecular weight excluding hydrogens is 241 g/mol. The zero-order valence-corrected chi connectivity index (χ0v) is 10.5. The van der Waals surface area contributed by atoms with Gasteiger partial charge in [-0.05, 0) is 23.6 Å². The molecule has 0 radical (unpaired) electrons. The molecule has 0 aliphatic heterocycles. The van der Waals surface area contributed by atoms with E-state index in [1.807, 2.05) is 20.8 Å². The molecule has 1 rings (SSSR count). The lowest BCUT2D eigenvalue weighted by molar-refractivity contribution is -0.137. The van der Waals surface area contributed by atoms with E-state index in [1.165, 1.54) is 12.1 Å². The zero-order valence-electron chi connectivity index (χ0n) is 10.5. The molecule has 0 aromatic heterocycles. The minimum Gasteiger partial charge on any atom is -0.385 e. The number of alkyl halides is 3. The summed E-state index contributed by atoms with van der Waals surface area (Å²) in [5.74, 6) is 0. The maximum absolute atomic E-state index is 12.7. The maximum atomic E-state index is 12.7. The van der Waals surface area contributed by atoms with Crippen molar-refractivity contribution in [3.05, 3.63) is 29.3 Å². The van der Waals surface area contributed by atoms with Gasteiger partial charge < -0.3 is 5.32 Å². The lowest BCUT2D eigenvalue weighted by Gasteiger charge is -2.20. The Kier molecular flexibility index (Phi) is 3.90. The van der Waals surface area contributed by atoms with Crippen molar-refractivity contribution in [3.8, 4) is 6.07 Å². The smallest absolute Gasteiger partial charge is 0.385 e. The summed E-state index contributed by atoms with van der Waals surface area (Å²) in [6.45, 7) is 6.49. The highest BCUT2D eigenvalue weighted by Gasteiger charge is 2.33. The van der Waals surface area contributed by atoms with Crippen LogP contribution in [0.3, 0.4) is 0 Å². The highest BCUT2D eigenvalue weighted by molar-refractivity contribution is 5.53. The lowest BCUT2D eigenvalue weighted by atomic mass is 9.96. The average molecular weight is 256 g/mol. The fourth-order valence-corrected chi connectivity index (χ4v) is 1.35. The van der Waals surface area contributed by atoms with Gasteiger partial charge in [-0.1, -0.05) is 20.8 Å². The molecule has 2 nitrogen and oxygen atoms in total. The van der Waals surface area contributed by atoms with Crippen molar-refractivity contribution in [1.29, 1.82) is 5.26 Å². The Morgan fingerprint density at radius 1 is 1.22 bits per heavy atom. The molecule has 98 valence electrons. The predicted octanol–water partition coefficient (Wildman–Crippen LogP) is 4.04. The Balaban J connectivity index is 3.02. The molecule has 0 heterocycles. The van der Waals surface area contributed by atoms with Crippen LogP contribution in [0, 0.1) is 16.7 Å². The van der Waals surface area contributed by atoms with Crippen molar-refractivity contribution < 1.29 is 13.2 Å². The topological polar surface area (TPSA) is 35.8 Å². The van der Waals surface area contributed by atoms with Gasteiger partial charge >= 0.3 is 6.18 Å². The molecule has 0 bridgehead atoms. The molecule has 0 aliphatic carbocycles. The van der Waals surface area contributed by atoms with E-state index in [2.05, 4.69) is 5.32 Å². The summed E-state index contributed by atoms with van der Waals surface area (Å²) >= 11 is 0. The number of nitriles is 1. The lowest BCUT2D eigenvalue weighted by Crippen LogP contribution is -2.19. The Morgan fingerprint density at radius 3 is 2.28 bits per heavy atom. The third-order valence-electron chi connectivity index (χ3n) is 2.27. The van der Waals surface area contributed by atoms with Crippen molar-refractivity contribution in [2.45, 2.75) is 26.9 Å². The van der Waals surface area contributed by atoms with Crippen molar-refractivity contribution >= 4 is 5.69 Å². The van der Waals surface area contributed by atoms with E-state index in [9.17, 15) is 13.2 Å². The monoisotopic (exact) mass is 256 g/mol. The second-order valence-corrected chi connectivity index (χ2v) is 5.28. The summed E-state index contributed by atoms with van der Waals surface area (Å²) in [5.41, 5.74) is -0.921. The molecule has 0 atom stereocenters. The summed E-state index contributed by atoms with van der Waals surface area (Å²) in [7, 11) is 0. The fourth-order valence-electron chi connectivity index (χ4n) is 1.35. The van der Waals surface area contributed by atoms with Crippen LogP contribution in [-0.2, 0) is 6.18 Å². The van der Waals surface area contributed by atoms with Crippen LogP contribution in [0.5, 0.6) is 0 Å². The van der Waals surface area contributed by atoms with Crippen molar-refractivity contribution in [1.82, 2.24) is 0 Å². The first-order valence-electron chi connectivity index (χ1n) is 5.49. The van der Waals surface area contributed by atoms with Gasteiger partial charge in [-0.2, -0.15) is 18.4 Å². The maximum Gasteiger partial charge on any atom is 0.417 e. The molecule has 1 N–H and O–H groups in total. The summed E-state index contributed by atoms with van der Waals surface area (Å²) in [5, 5.41) is 11.6. The van der Waals surface area contributed by atoms with Gasteiger partial charge in [0.15, 0.2) is 0 Å². The van der Waals surface area contributed by atoms with E-state index in [1.54, 1.807) is 6.07 Å². The van der Waals surface area contributed by atoms with Crippen LogP contribution in [0.2, 0.25) is 0 Å². The largest absolute Gasteiger partial charge is 0.417 e. The van der Waals surface area contributed by atoms with Gasteiger partial charge in [-0.3, -0.25) is 0 Å². The fraction of sp³-hybridized carbons (Fsp3) is 0.462. The summed E-state index contributed by atoms with van der Waals surface area (Å²) in [6, 6.07) is 5.20. The summed E-state index contributed by atoms with van der Waals surface area (Å²) in [6.07, 6.45) is -4.51. The molecule has 0 fully saturated rings. The first-order chi connectivity index (χ1) is 8.13. The van der Waals surface area contributed by atoms with E-state index in [-0.39, 0.29) is 11.0 Å². The second kappa shape index (κ2) is 4.89. The van der Waals surface area contributed by atoms with Gasteiger partial charge in [-0.15, -0.1) is 0 Å². The first kappa shape index (κ1) is 14.4. The van der Waals surface area contributed by atoms with Gasteiger partial charge in [0.05, 0.1) is 17.2 Å². The molecule has 1 aromatic rings. The molecule has 0 spiro atoms. The Morgan fingerprint density at radius 2 is 1.83 bits per heavy atom. The van der Waals surface area contributed by atoms with Crippen LogP contribution in [0.1, 0.15) is 31.9 Å². The minimum absolute atomic E-state index is 0.0354. The van der Waals surface area contributed by atoms with Crippen LogP contribution in [0.15, 0.2) is 18.2 Å². The van der Waals surface area contributed by atoms with Crippen LogP contribution in [-0.4, -0.2) is 6.54 Å². The third-order valence-corrected chi connectivity index (χ3v) is 2.27. The number of anilines is 1. The number of benzene rings is 1. The minimum atomic E-state index is -4.51. The predicted molar refractivity (Wildman–Crippen MR) is 64.1 cm³/mol. The quantitative estimate of drug-likeness (QED) is 0.867. The van der Waals surface area contributed by atoms with Crippen LogP contribution in [0.4, 0.5) is 18.9 Å². The number of hydrogen-bond acceptors (Lipinski definition) is 2. The van der Waals surface area contributed by atoms with Crippen LogP contribution >= 0.6 is 0 Å². The SMILES string of the molecule is CC(C)(C)CNc1ccc(C#N)c(C(F)(F)F)c1. The molecule has 0 saturated heterocycles. The number of nitrogens with zero attached hydrogens (tertiary/aromatic N) is 1. The highest BCUT2D eigenvalue weighted by atomic mass is 19.4. The third kappa shape index (κ3) is 3.95. The molecule has 1 aromatic carbocycles. The summed E-state index contributed by atoms with van der Waals surface area (Å²) < 4.78 is 38.1. The zero-order chi connectivity index (χ0) is 14.0. The number of nitrogens with one attached hydrogen (secondary N) is 1. The molecule has 0 amide bonds. The van der Waals surface area contributed by atoms with Crippen molar-refractivity contribution in [3.63, 3.8) is 0 Å². The Hall–Kier alpha value is -1.70.